The van der Waals surface area contributed by atoms with Gasteiger partial charge in [0.25, 0.3) is 5.91 Å². The van der Waals surface area contributed by atoms with Crippen LogP contribution in [0.25, 0.3) is 0 Å². The monoisotopic (exact) mass is 273 g/mol. The molecular weight excluding hydrogens is 254 g/mol. The molecule has 1 amide bonds. The Morgan fingerprint density at radius 2 is 2.10 bits per heavy atom. The van der Waals surface area contributed by atoms with Crippen molar-refractivity contribution >= 4 is 11.7 Å². The van der Waals surface area contributed by atoms with E-state index in [1.165, 1.54) is 6.26 Å². The fraction of sp³-hybridized carbons (Fsp3) is 0.333. The van der Waals surface area contributed by atoms with Crippen molar-refractivity contribution in [1.29, 1.82) is 0 Å². The van der Waals surface area contributed by atoms with Gasteiger partial charge in [-0.1, -0.05) is 6.07 Å². The number of furan rings is 1. The summed E-state index contributed by atoms with van der Waals surface area (Å²) in [6.07, 6.45) is 3.27. The molecule has 106 valence electrons. The van der Waals surface area contributed by atoms with Crippen LogP contribution in [0.5, 0.6) is 0 Å². The van der Waals surface area contributed by atoms with Crippen LogP contribution < -0.4 is 10.2 Å². The van der Waals surface area contributed by atoms with Crippen LogP contribution in [-0.4, -0.2) is 24.0 Å². The molecule has 20 heavy (non-hydrogen) atoms. The number of anilines is 1. The number of carbonyl (C=O) groups excluding carboxylic acids is 1. The highest BCUT2D eigenvalue weighted by Crippen LogP contribution is 2.10. The van der Waals surface area contributed by atoms with Crippen LogP contribution in [0.1, 0.15) is 30.0 Å². The van der Waals surface area contributed by atoms with Crippen molar-refractivity contribution in [3.63, 3.8) is 0 Å². The minimum atomic E-state index is -0.220. The molecule has 1 N–H and O–H groups in total. The lowest BCUT2D eigenvalue weighted by molar-refractivity contribution is 0.0923. The standard InChI is InChI=1S/C15H19N3O2/c1-3-18(4-2)14-8-7-12(10-16-14)11-17-15(19)13-6-5-9-20-13/h5-10H,3-4,11H2,1-2H3,(H,17,19). The third-order valence-corrected chi connectivity index (χ3v) is 3.09. The van der Waals surface area contributed by atoms with Crippen molar-refractivity contribution in [3.8, 4) is 0 Å². The Morgan fingerprint density at radius 3 is 2.65 bits per heavy atom. The number of carbonyl (C=O) groups is 1. The third-order valence-electron chi connectivity index (χ3n) is 3.09. The fourth-order valence-electron chi connectivity index (χ4n) is 1.93. The number of rotatable bonds is 6. The van der Waals surface area contributed by atoms with Gasteiger partial charge in [0.1, 0.15) is 5.82 Å². The van der Waals surface area contributed by atoms with Crippen LogP contribution in [-0.2, 0) is 6.54 Å². The Kier molecular flexibility index (Phi) is 4.76. The highest BCUT2D eigenvalue weighted by atomic mass is 16.3. The zero-order valence-corrected chi connectivity index (χ0v) is 11.8. The molecule has 0 aliphatic carbocycles. The molecule has 2 aromatic heterocycles. The lowest BCUT2D eigenvalue weighted by atomic mass is 10.2. The summed E-state index contributed by atoms with van der Waals surface area (Å²) in [5.41, 5.74) is 0.959. The van der Waals surface area contributed by atoms with Crippen LogP contribution in [0.15, 0.2) is 41.1 Å². The maximum Gasteiger partial charge on any atom is 0.287 e. The molecule has 0 saturated heterocycles. The highest BCUT2D eigenvalue weighted by Gasteiger charge is 2.08. The molecular formula is C15H19N3O2. The molecule has 5 heteroatoms. The quantitative estimate of drug-likeness (QED) is 0.878. The zero-order chi connectivity index (χ0) is 14.4. The second kappa shape index (κ2) is 6.75. The molecule has 2 rings (SSSR count). The van der Waals surface area contributed by atoms with Gasteiger partial charge in [0.15, 0.2) is 5.76 Å². The lowest BCUT2D eigenvalue weighted by Gasteiger charge is -2.19. The van der Waals surface area contributed by atoms with Gasteiger partial charge in [-0.2, -0.15) is 0 Å². The number of aromatic nitrogens is 1. The third kappa shape index (κ3) is 3.38. The summed E-state index contributed by atoms with van der Waals surface area (Å²) in [5.74, 6) is 1.05. The molecule has 0 fully saturated rings. The number of pyridine rings is 1. The fourth-order valence-corrected chi connectivity index (χ4v) is 1.93. The van der Waals surface area contributed by atoms with Crippen molar-refractivity contribution in [2.45, 2.75) is 20.4 Å². The second-order valence-corrected chi connectivity index (χ2v) is 4.36. The molecule has 0 spiro atoms. The van der Waals surface area contributed by atoms with E-state index < -0.39 is 0 Å². The predicted molar refractivity (Wildman–Crippen MR) is 77.7 cm³/mol. The molecule has 0 aromatic carbocycles. The summed E-state index contributed by atoms with van der Waals surface area (Å²) in [7, 11) is 0. The summed E-state index contributed by atoms with van der Waals surface area (Å²) in [6.45, 7) is 6.49. The van der Waals surface area contributed by atoms with Gasteiger partial charge in [0, 0.05) is 25.8 Å². The Balaban J connectivity index is 1.92. The first-order chi connectivity index (χ1) is 9.74. The van der Waals surface area contributed by atoms with E-state index in [1.807, 2.05) is 12.1 Å². The Labute approximate surface area is 118 Å². The smallest absolute Gasteiger partial charge is 0.287 e. The molecule has 0 saturated carbocycles. The number of hydrogen-bond donors (Lipinski definition) is 1. The molecule has 0 aliphatic rings. The van der Waals surface area contributed by atoms with Crippen molar-refractivity contribution in [3.05, 3.63) is 48.0 Å². The Bertz CT molecular complexity index is 531. The van der Waals surface area contributed by atoms with E-state index >= 15 is 0 Å². The van der Waals surface area contributed by atoms with E-state index in [0.717, 1.165) is 24.5 Å². The molecule has 5 nitrogen and oxygen atoms in total. The van der Waals surface area contributed by atoms with E-state index in [2.05, 4.69) is 29.0 Å². The van der Waals surface area contributed by atoms with Gasteiger partial charge in [0.2, 0.25) is 0 Å². The molecule has 2 aromatic rings. The number of nitrogens with one attached hydrogen (secondary N) is 1. The van der Waals surface area contributed by atoms with E-state index in [-0.39, 0.29) is 5.91 Å². The van der Waals surface area contributed by atoms with Gasteiger partial charge in [-0.05, 0) is 37.6 Å². The molecule has 0 unspecified atom stereocenters. The maximum absolute atomic E-state index is 11.7. The van der Waals surface area contributed by atoms with Crippen LogP contribution in [0, 0.1) is 0 Å². The van der Waals surface area contributed by atoms with Gasteiger partial charge in [-0.3, -0.25) is 4.79 Å². The highest BCUT2D eigenvalue weighted by molar-refractivity contribution is 5.91. The van der Waals surface area contributed by atoms with Gasteiger partial charge >= 0.3 is 0 Å². The van der Waals surface area contributed by atoms with Crippen molar-refractivity contribution in [2.75, 3.05) is 18.0 Å². The average molecular weight is 273 g/mol. The summed E-state index contributed by atoms with van der Waals surface area (Å²) >= 11 is 0. The van der Waals surface area contributed by atoms with Crippen molar-refractivity contribution in [2.24, 2.45) is 0 Å². The van der Waals surface area contributed by atoms with Gasteiger partial charge < -0.3 is 14.6 Å². The minimum absolute atomic E-state index is 0.220. The molecule has 0 bridgehead atoms. The maximum atomic E-state index is 11.7. The van der Waals surface area contributed by atoms with Crippen LogP contribution in [0.2, 0.25) is 0 Å². The van der Waals surface area contributed by atoms with Crippen molar-refractivity contribution in [1.82, 2.24) is 10.3 Å². The Morgan fingerprint density at radius 1 is 1.30 bits per heavy atom. The first-order valence-corrected chi connectivity index (χ1v) is 6.76. The van der Waals surface area contributed by atoms with Gasteiger partial charge in [-0.15, -0.1) is 0 Å². The first kappa shape index (κ1) is 14.1. The molecule has 0 atom stereocenters. The summed E-state index contributed by atoms with van der Waals surface area (Å²) < 4.78 is 5.03. The van der Waals surface area contributed by atoms with Gasteiger partial charge in [0.05, 0.1) is 6.26 Å². The Hall–Kier alpha value is -2.30. The van der Waals surface area contributed by atoms with Crippen LogP contribution in [0.4, 0.5) is 5.82 Å². The largest absolute Gasteiger partial charge is 0.459 e. The van der Waals surface area contributed by atoms with Crippen LogP contribution >= 0.6 is 0 Å². The summed E-state index contributed by atoms with van der Waals surface area (Å²) in [5, 5.41) is 2.79. The number of amides is 1. The minimum Gasteiger partial charge on any atom is -0.459 e. The SMILES string of the molecule is CCN(CC)c1ccc(CNC(=O)c2ccco2)cn1. The normalized spacial score (nSPS) is 10.3. The van der Waals surface area contributed by atoms with Crippen LogP contribution in [0.3, 0.4) is 0 Å². The van der Waals surface area contributed by atoms with Crippen molar-refractivity contribution < 1.29 is 9.21 Å². The first-order valence-electron chi connectivity index (χ1n) is 6.76. The number of nitrogens with zero attached hydrogens (tertiary/aromatic N) is 2. The topological polar surface area (TPSA) is 58.4 Å². The summed E-state index contributed by atoms with van der Waals surface area (Å²) in [4.78, 5) is 18.3. The lowest BCUT2D eigenvalue weighted by Crippen LogP contribution is -2.24. The second-order valence-electron chi connectivity index (χ2n) is 4.36. The van der Waals surface area contributed by atoms with E-state index in [0.29, 0.717) is 12.3 Å². The molecule has 0 aliphatic heterocycles. The van der Waals surface area contributed by atoms with E-state index in [1.54, 1.807) is 18.3 Å². The average Bonchev–Trinajstić information content (AvgIpc) is 3.01. The van der Waals surface area contributed by atoms with E-state index in [4.69, 9.17) is 4.42 Å². The molecule has 0 radical (unpaired) electrons. The zero-order valence-electron chi connectivity index (χ0n) is 11.8. The predicted octanol–water partition coefficient (Wildman–Crippen LogP) is 2.45. The van der Waals surface area contributed by atoms with Gasteiger partial charge in [-0.25, -0.2) is 4.98 Å². The number of hydrogen-bond acceptors (Lipinski definition) is 4. The molecule has 2 heterocycles. The van der Waals surface area contributed by atoms with E-state index in [9.17, 15) is 4.79 Å². The summed E-state index contributed by atoms with van der Waals surface area (Å²) in [6, 6.07) is 7.27.